The van der Waals surface area contributed by atoms with Crippen LogP contribution >= 0.6 is 0 Å². The van der Waals surface area contributed by atoms with Gasteiger partial charge in [0.1, 0.15) is 73.2 Å². The minimum atomic E-state index is -1.98. The molecular weight excluding hydrogens is 1360 g/mol. The van der Waals surface area contributed by atoms with Crippen molar-refractivity contribution >= 4 is 5.91 Å². The number of ether oxygens (including phenoxy) is 6. The molecule has 3 aliphatic rings. The summed E-state index contributed by atoms with van der Waals surface area (Å²) in [5.41, 5.74) is 0. The van der Waals surface area contributed by atoms with Gasteiger partial charge in [-0.2, -0.15) is 0 Å². The first-order chi connectivity index (χ1) is 52.3. The van der Waals surface area contributed by atoms with Crippen LogP contribution in [0.4, 0.5) is 0 Å². The van der Waals surface area contributed by atoms with E-state index in [2.05, 4.69) is 104 Å². The van der Waals surface area contributed by atoms with Gasteiger partial charge in [0, 0.05) is 6.42 Å². The molecule has 0 aromatic heterocycles. The Labute approximate surface area is 647 Å². The minimum Gasteiger partial charge on any atom is -0.394 e. The molecule has 1 amide bonds. The predicted molar refractivity (Wildman–Crippen MR) is 429 cm³/mol. The SMILES string of the molecule is CC/C=C\C/C=C\C/C=C\C/C=C\C/C=C\C/C=C\C/C=C\CCCCCCCCCCCCCCCCCCCC(=O)NC(COC1OC(CO)C(OC2OC(CO)C(OC3OC(CO)C(O)C(O)C3O)C(O)C2O)C(O)C1O)C(O)/C=C/CCCCCCCCCCCCCCCCCCCCCCC. The summed E-state index contributed by atoms with van der Waals surface area (Å²) in [5, 5.41) is 121. The number of rotatable bonds is 68. The third-order valence-corrected chi connectivity index (χ3v) is 20.9. The van der Waals surface area contributed by atoms with Crippen molar-refractivity contribution in [1.29, 1.82) is 0 Å². The highest BCUT2D eigenvalue weighted by Crippen LogP contribution is 2.33. The number of amides is 1. The summed E-state index contributed by atoms with van der Waals surface area (Å²) in [6.45, 7) is 1.66. The van der Waals surface area contributed by atoms with Gasteiger partial charge in [0.05, 0.1) is 38.6 Å². The van der Waals surface area contributed by atoms with E-state index in [-0.39, 0.29) is 18.9 Å². The number of hydrogen-bond acceptors (Lipinski definition) is 18. The molecule has 0 saturated carbocycles. The zero-order valence-corrected chi connectivity index (χ0v) is 66.6. The maximum absolute atomic E-state index is 13.5. The van der Waals surface area contributed by atoms with Gasteiger partial charge in [-0.15, -0.1) is 0 Å². The van der Waals surface area contributed by atoms with E-state index in [1.807, 2.05) is 6.08 Å². The minimum absolute atomic E-state index is 0.241. The summed E-state index contributed by atoms with van der Waals surface area (Å²) in [6, 6.07) is -0.978. The molecule has 12 N–H and O–H groups in total. The van der Waals surface area contributed by atoms with Gasteiger partial charge < -0.3 is 89.9 Å². The molecule has 0 bridgehead atoms. The van der Waals surface area contributed by atoms with Crippen molar-refractivity contribution in [3.8, 4) is 0 Å². The maximum Gasteiger partial charge on any atom is 0.220 e. The van der Waals surface area contributed by atoms with Crippen LogP contribution in [0, 0.1) is 0 Å². The summed E-state index contributed by atoms with van der Waals surface area (Å²) in [4.78, 5) is 13.5. The smallest absolute Gasteiger partial charge is 0.220 e. The first-order valence-corrected chi connectivity index (χ1v) is 43.0. The molecule has 3 aliphatic heterocycles. The van der Waals surface area contributed by atoms with Crippen LogP contribution in [0.2, 0.25) is 0 Å². The molecule has 19 nitrogen and oxygen atoms in total. The van der Waals surface area contributed by atoms with E-state index in [0.29, 0.717) is 6.42 Å². The Morgan fingerprint density at radius 3 is 1.01 bits per heavy atom. The predicted octanol–water partition coefficient (Wildman–Crippen LogP) is 15.5. The lowest BCUT2D eigenvalue weighted by atomic mass is 9.96. The third-order valence-electron chi connectivity index (χ3n) is 20.9. The molecular formula is C88H155NO18. The van der Waals surface area contributed by atoms with E-state index in [1.165, 1.54) is 205 Å². The number of aliphatic hydroxyl groups excluding tert-OH is 11. The van der Waals surface area contributed by atoms with Gasteiger partial charge in [-0.05, 0) is 77.0 Å². The fourth-order valence-corrected chi connectivity index (χ4v) is 14.1. The van der Waals surface area contributed by atoms with Crippen LogP contribution < -0.4 is 5.32 Å². The highest BCUT2D eigenvalue weighted by Gasteiger charge is 2.54. The Morgan fingerprint density at radius 2 is 0.645 bits per heavy atom. The summed E-state index contributed by atoms with van der Waals surface area (Å²) in [5.74, 6) is -0.273. The molecule has 3 fully saturated rings. The van der Waals surface area contributed by atoms with Crippen LogP contribution in [-0.4, -0.2) is 193 Å². The summed E-state index contributed by atoms with van der Waals surface area (Å²) in [6.07, 6.45) is 65.4. The molecule has 0 aromatic rings. The van der Waals surface area contributed by atoms with Crippen molar-refractivity contribution in [2.45, 2.75) is 426 Å². The van der Waals surface area contributed by atoms with E-state index >= 15 is 0 Å². The van der Waals surface area contributed by atoms with Gasteiger partial charge in [-0.25, -0.2) is 0 Å². The average molecular weight is 1520 g/mol. The Bertz CT molecular complexity index is 2310. The second kappa shape index (κ2) is 67.2. The van der Waals surface area contributed by atoms with Crippen LogP contribution in [0.3, 0.4) is 0 Å². The fourth-order valence-electron chi connectivity index (χ4n) is 14.1. The van der Waals surface area contributed by atoms with E-state index < -0.39 is 124 Å². The van der Waals surface area contributed by atoms with Crippen molar-refractivity contribution in [2.24, 2.45) is 0 Å². The monoisotopic (exact) mass is 1510 g/mol. The molecule has 3 rings (SSSR count). The Balaban J connectivity index is 1.33. The number of nitrogens with one attached hydrogen (secondary N) is 1. The Kier molecular flexibility index (Phi) is 61.5. The number of carbonyl (C=O) groups excluding carboxylic acids is 1. The fraction of sp³-hybridized carbons (Fsp3) is 0.807. The van der Waals surface area contributed by atoms with Crippen LogP contribution in [-0.2, 0) is 33.2 Å². The van der Waals surface area contributed by atoms with Gasteiger partial charge in [0.2, 0.25) is 5.91 Å². The number of hydrogen-bond donors (Lipinski definition) is 12. The van der Waals surface area contributed by atoms with Crippen molar-refractivity contribution in [1.82, 2.24) is 5.32 Å². The standard InChI is InChI=1S/C88H155NO18/c1-3-5-7-9-11-13-15-17-19-21-23-25-27-28-29-30-31-32-33-34-35-36-37-38-39-40-41-42-44-46-48-50-52-54-56-58-60-62-64-66-76(94)89-71(72(93)65-63-61-59-57-55-53-51-49-47-45-43-26-24-22-20-18-16-14-12-10-8-6-4-2)70-102-86-82(100)79(97)84(74(68-91)104-86)107-88-83(101)80(98)85(75(69-92)105-88)106-87-81(99)78(96)77(95)73(67-90)103-87/h5,7,11,13,17,19,23,25,28-29,31-32,34-35,63,65,71-75,77-88,90-93,95-101H,3-4,6,8-10,12,14-16,18,20-22,24,26-27,30,33,36-62,64,66-70H2,1-2H3,(H,89,94)/b7-5-,13-11-,19-17-,25-23-,29-28-,32-31-,35-34-,65-63+. The molecule has 0 aromatic carbocycles. The maximum atomic E-state index is 13.5. The van der Waals surface area contributed by atoms with Crippen molar-refractivity contribution in [3.63, 3.8) is 0 Å². The largest absolute Gasteiger partial charge is 0.394 e. The van der Waals surface area contributed by atoms with Gasteiger partial charge in [-0.3, -0.25) is 4.79 Å². The zero-order valence-electron chi connectivity index (χ0n) is 66.6. The topological polar surface area (TPSA) is 307 Å². The van der Waals surface area contributed by atoms with Gasteiger partial charge >= 0.3 is 0 Å². The first-order valence-electron chi connectivity index (χ1n) is 43.0. The third kappa shape index (κ3) is 46.5. The second-order valence-electron chi connectivity index (χ2n) is 30.3. The first kappa shape index (κ1) is 97.9. The van der Waals surface area contributed by atoms with E-state index in [9.17, 15) is 61.0 Å². The van der Waals surface area contributed by atoms with Crippen LogP contribution in [0.1, 0.15) is 322 Å². The van der Waals surface area contributed by atoms with Crippen LogP contribution in [0.15, 0.2) is 97.2 Å². The van der Waals surface area contributed by atoms with Crippen LogP contribution in [0.5, 0.6) is 0 Å². The molecule has 19 heteroatoms. The summed E-state index contributed by atoms with van der Waals surface area (Å²) < 4.78 is 34.5. The lowest BCUT2D eigenvalue weighted by Gasteiger charge is -2.48. The van der Waals surface area contributed by atoms with Gasteiger partial charge in [0.25, 0.3) is 0 Å². The molecule has 17 unspecified atom stereocenters. The molecule has 0 spiro atoms. The van der Waals surface area contributed by atoms with Crippen molar-refractivity contribution < 1.29 is 89.4 Å². The highest BCUT2D eigenvalue weighted by molar-refractivity contribution is 5.76. The van der Waals surface area contributed by atoms with Gasteiger partial charge in [-0.1, -0.05) is 336 Å². The number of unbranched alkanes of at least 4 members (excludes halogenated alkanes) is 38. The lowest BCUT2D eigenvalue weighted by molar-refractivity contribution is -0.379. The molecule has 3 saturated heterocycles. The normalized spacial score (nSPS) is 26.0. The molecule has 107 heavy (non-hydrogen) atoms. The molecule has 0 aliphatic carbocycles. The average Bonchev–Trinajstić information content (AvgIpc) is 0.781. The molecule has 3 heterocycles. The number of carbonyl (C=O) groups is 1. The lowest BCUT2D eigenvalue weighted by Crippen LogP contribution is -2.66. The number of allylic oxidation sites excluding steroid dienone is 15. The molecule has 0 radical (unpaired) electrons. The molecule has 17 atom stereocenters. The van der Waals surface area contributed by atoms with Crippen molar-refractivity contribution in [3.05, 3.63) is 97.2 Å². The van der Waals surface area contributed by atoms with E-state index in [4.69, 9.17) is 28.4 Å². The quantitative estimate of drug-likeness (QED) is 0.0199. The molecule has 620 valence electrons. The highest BCUT2D eigenvalue weighted by atomic mass is 16.8. The van der Waals surface area contributed by atoms with Crippen molar-refractivity contribution in [2.75, 3.05) is 26.4 Å². The van der Waals surface area contributed by atoms with E-state index in [1.54, 1.807) is 6.08 Å². The summed E-state index contributed by atoms with van der Waals surface area (Å²) in [7, 11) is 0. The van der Waals surface area contributed by atoms with Gasteiger partial charge in [0.15, 0.2) is 18.9 Å². The summed E-state index contributed by atoms with van der Waals surface area (Å²) >= 11 is 0. The second-order valence-corrected chi connectivity index (χ2v) is 30.3. The Hall–Kier alpha value is -3.29. The van der Waals surface area contributed by atoms with Crippen LogP contribution in [0.25, 0.3) is 0 Å². The Morgan fingerprint density at radius 1 is 0.346 bits per heavy atom. The van der Waals surface area contributed by atoms with E-state index in [0.717, 1.165) is 89.9 Å². The zero-order chi connectivity index (χ0) is 77.4. The number of aliphatic hydroxyl groups is 11.